The van der Waals surface area contributed by atoms with Gasteiger partial charge in [-0.25, -0.2) is 13.2 Å². The normalized spacial score (nSPS) is 15.2. The Balaban J connectivity index is 1.58. The molecular formula is C20H25N3O4S. The number of carbonyl (C=O) groups is 1. The minimum absolute atomic E-state index is 0.156. The van der Waals surface area contributed by atoms with Gasteiger partial charge in [0, 0.05) is 17.9 Å². The first-order valence-electron chi connectivity index (χ1n) is 9.39. The Morgan fingerprint density at radius 2 is 1.86 bits per heavy atom. The van der Waals surface area contributed by atoms with Crippen LogP contribution in [0.5, 0.6) is 5.75 Å². The first-order chi connectivity index (χ1) is 13.5. The molecule has 7 nitrogen and oxygen atoms in total. The van der Waals surface area contributed by atoms with Gasteiger partial charge in [0.05, 0.1) is 18.0 Å². The van der Waals surface area contributed by atoms with E-state index < -0.39 is 16.1 Å². The summed E-state index contributed by atoms with van der Waals surface area (Å²) >= 11 is 0. The van der Waals surface area contributed by atoms with Crippen LogP contribution in [0.25, 0.3) is 0 Å². The topological polar surface area (TPSA) is 87.7 Å². The maximum absolute atomic E-state index is 12.3. The molecule has 2 aromatic rings. The number of benzene rings is 2. The highest BCUT2D eigenvalue weighted by molar-refractivity contribution is 7.93. The number of urea groups is 1. The van der Waals surface area contributed by atoms with Crippen LogP contribution >= 0.6 is 0 Å². The highest BCUT2D eigenvalue weighted by atomic mass is 32.2. The fourth-order valence-corrected chi connectivity index (χ4v) is 4.49. The molecule has 150 valence electrons. The number of unbranched alkanes of at least 4 members (excludes halogenated alkanes) is 1. The number of nitrogens with zero attached hydrogens (tertiary/aromatic N) is 1. The van der Waals surface area contributed by atoms with E-state index in [9.17, 15) is 13.2 Å². The lowest BCUT2D eigenvalue weighted by Gasteiger charge is -2.18. The van der Waals surface area contributed by atoms with Crippen molar-refractivity contribution in [2.75, 3.05) is 33.8 Å². The van der Waals surface area contributed by atoms with Crippen LogP contribution < -0.4 is 19.7 Å². The lowest BCUT2D eigenvalue weighted by Crippen LogP contribution is -2.25. The summed E-state index contributed by atoms with van der Waals surface area (Å²) in [7, 11) is -3.25. The number of anilines is 3. The zero-order valence-electron chi connectivity index (χ0n) is 15.8. The number of hydrogen-bond donors (Lipinski definition) is 2. The summed E-state index contributed by atoms with van der Waals surface area (Å²) in [5.74, 6) is 0.919. The molecule has 1 heterocycles. The monoisotopic (exact) mass is 403 g/mol. The van der Waals surface area contributed by atoms with E-state index >= 15 is 0 Å². The number of sulfonamides is 1. The number of ether oxygens (including phenoxy) is 1. The SMILES string of the molecule is CCCCOc1ccc(NC(=O)Nc2cccc(N3CCCS3(=O)=O)c2)cc1. The van der Waals surface area contributed by atoms with Gasteiger partial charge in [0.2, 0.25) is 10.0 Å². The van der Waals surface area contributed by atoms with Crippen molar-refractivity contribution in [3.63, 3.8) is 0 Å². The van der Waals surface area contributed by atoms with Gasteiger partial charge >= 0.3 is 6.03 Å². The quantitative estimate of drug-likeness (QED) is 0.683. The van der Waals surface area contributed by atoms with Crippen molar-refractivity contribution < 1.29 is 17.9 Å². The number of hydrogen-bond acceptors (Lipinski definition) is 4. The third-order valence-corrected chi connectivity index (χ3v) is 6.24. The number of carbonyl (C=O) groups excluding carboxylic acids is 1. The third kappa shape index (κ3) is 5.16. The molecule has 1 aliphatic rings. The van der Waals surface area contributed by atoms with Gasteiger partial charge in [-0.05, 0) is 55.3 Å². The summed E-state index contributed by atoms with van der Waals surface area (Å²) in [6.45, 7) is 3.24. The van der Waals surface area contributed by atoms with Crippen molar-refractivity contribution in [2.24, 2.45) is 0 Å². The first kappa shape index (κ1) is 20.0. The minimum Gasteiger partial charge on any atom is -0.494 e. The van der Waals surface area contributed by atoms with E-state index in [1.807, 2.05) is 12.1 Å². The number of amides is 2. The molecule has 0 aliphatic carbocycles. The van der Waals surface area contributed by atoms with Crippen LogP contribution in [0.15, 0.2) is 48.5 Å². The Hall–Kier alpha value is -2.74. The molecule has 28 heavy (non-hydrogen) atoms. The highest BCUT2D eigenvalue weighted by Gasteiger charge is 2.28. The summed E-state index contributed by atoms with van der Waals surface area (Å²) < 4.78 is 31.1. The molecule has 0 aromatic heterocycles. The second-order valence-electron chi connectivity index (χ2n) is 6.60. The Morgan fingerprint density at radius 1 is 1.11 bits per heavy atom. The zero-order valence-corrected chi connectivity index (χ0v) is 16.7. The van der Waals surface area contributed by atoms with Crippen LogP contribution in [-0.4, -0.2) is 33.4 Å². The second kappa shape index (κ2) is 8.97. The van der Waals surface area contributed by atoms with E-state index in [1.54, 1.807) is 36.4 Å². The Morgan fingerprint density at radius 3 is 2.54 bits per heavy atom. The molecule has 2 N–H and O–H groups in total. The highest BCUT2D eigenvalue weighted by Crippen LogP contribution is 2.26. The van der Waals surface area contributed by atoms with Gasteiger partial charge < -0.3 is 15.4 Å². The first-order valence-corrected chi connectivity index (χ1v) is 11.0. The molecule has 2 amide bonds. The van der Waals surface area contributed by atoms with Crippen molar-refractivity contribution >= 4 is 33.1 Å². The van der Waals surface area contributed by atoms with Crippen LogP contribution in [0.3, 0.4) is 0 Å². The van der Waals surface area contributed by atoms with E-state index in [0.29, 0.717) is 36.6 Å². The van der Waals surface area contributed by atoms with E-state index in [-0.39, 0.29) is 5.75 Å². The smallest absolute Gasteiger partial charge is 0.323 e. The molecule has 8 heteroatoms. The second-order valence-corrected chi connectivity index (χ2v) is 8.61. The van der Waals surface area contributed by atoms with Crippen molar-refractivity contribution in [3.8, 4) is 5.75 Å². The Labute approximate surface area is 165 Å². The van der Waals surface area contributed by atoms with E-state index in [2.05, 4.69) is 17.6 Å². The summed E-state index contributed by atoms with van der Waals surface area (Å²) in [6, 6.07) is 13.6. The van der Waals surface area contributed by atoms with Crippen LogP contribution in [0.1, 0.15) is 26.2 Å². The standard InChI is InChI=1S/C20H25N3O4S/c1-2-3-13-27-19-10-8-16(9-11-19)21-20(24)22-17-6-4-7-18(15-17)23-12-5-14-28(23,25)26/h4,6-11,15H,2-3,5,12-14H2,1H3,(H2,21,22,24). The minimum atomic E-state index is -3.25. The largest absolute Gasteiger partial charge is 0.494 e. The van der Waals surface area contributed by atoms with Crippen LogP contribution in [0.2, 0.25) is 0 Å². The zero-order chi connectivity index (χ0) is 20.0. The van der Waals surface area contributed by atoms with E-state index in [0.717, 1.165) is 18.6 Å². The van der Waals surface area contributed by atoms with Crippen LogP contribution in [-0.2, 0) is 10.0 Å². The molecule has 3 rings (SSSR count). The lowest BCUT2D eigenvalue weighted by atomic mass is 10.2. The summed E-state index contributed by atoms with van der Waals surface area (Å²) in [4.78, 5) is 12.3. The summed E-state index contributed by atoms with van der Waals surface area (Å²) in [5.41, 5.74) is 1.72. The number of nitrogens with one attached hydrogen (secondary N) is 2. The average Bonchev–Trinajstić information content (AvgIpc) is 3.02. The van der Waals surface area contributed by atoms with Gasteiger partial charge in [0.25, 0.3) is 0 Å². The Kier molecular flexibility index (Phi) is 6.41. The van der Waals surface area contributed by atoms with E-state index in [1.165, 1.54) is 4.31 Å². The van der Waals surface area contributed by atoms with Crippen molar-refractivity contribution in [2.45, 2.75) is 26.2 Å². The molecule has 0 radical (unpaired) electrons. The molecule has 0 unspecified atom stereocenters. The molecule has 0 bridgehead atoms. The fraction of sp³-hybridized carbons (Fsp3) is 0.350. The van der Waals surface area contributed by atoms with Crippen molar-refractivity contribution in [1.82, 2.24) is 0 Å². The maximum atomic E-state index is 12.3. The molecule has 2 aromatic carbocycles. The van der Waals surface area contributed by atoms with E-state index in [4.69, 9.17) is 4.74 Å². The van der Waals surface area contributed by atoms with Gasteiger partial charge in [0.1, 0.15) is 5.75 Å². The lowest BCUT2D eigenvalue weighted by molar-refractivity contribution is 0.262. The molecule has 1 saturated heterocycles. The fourth-order valence-electron chi connectivity index (χ4n) is 2.93. The molecular weight excluding hydrogens is 378 g/mol. The summed E-state index contributed by atoms with van der Waals surface area (Å²) in [6.07, 6.45) is 2.68. The molecule has 0 spiro atoms. The molecule has 0 saturated carbocycles. The third-order valence-electron chi connectivity index (χ3n) is 4.37. The Bertz CT molecular complexity index is 913. The van der Waals surface area contributed by atoms with Crippen molar-refractivity contribution in [3.05, 3.63) is 48.5 Å². The number of rotatable bonds is 7. The predicted octanol–water partition coefficient (Wildman–Crippen LogP) is 4.05. The van der Waals surface area contributed by atoms with Gasteiger partial charge in [-0.15, -0.1) is 0 Å². The van der Waals surface area contributed by atoms with Crippen molar-refractivity contribution in [1.29, 1.82) is 0 Å². The molecule has 1 aliphatic heterocycles. The average molecular weight is 404 g/mol. The molecule has 1 fully saturated rings. The van der Waals surface area contributed by atoms with Gasteiger partial charge in [-0.1, -0.05) is 19.4 Å². The van der Waals surface area contributed by atoms with Gasteiger partial charge in [-0.2, -0.15) is 0 Å². The van der Waals surface area contributed by atoms with Gasteiger partial charge in [0.15, 0.2) is 0 Å². The van der Waals surface area contributed by atoms with Gasteiger partial charge in [-0.3, -0.25) is 4.31 Å². The summed E-state index contributed by atoms with van der Waals surface area (Å²) in [5, 5.41) is 5.49. The maximum Gasteiger partial charge on any atom is 0.323 e. The van der Waals surface area contributed by atoms with Crippen LogP contribution in [0.4, 0.5) is 21.9 Å². The predicted molar refractivity (Wildman–Crippen MR) is 112 cm³/mol. The molecule has 0 atom stereocenters. The van der Waals surface area contributed by atoms with Crippen LogP contribution in [0, 0.1) is 0 Å².